The Morgan fingerprint density at radius 2 is 2.04 bits per heavy atom. The molecular weight excluding hydrogens is 380 g/mol. The van der Waals surface area contributed by atoms with Crippen LogP contribution >= 0.6 is 11.6 Å². The van der Waals surface area contributed by atoms with Crippen LogP contribution in [0.5, 0.6) is 5.75 Å². The largest absolute Gasteiger partial charge is 0.487 e. The van der Waals surface area contributed by atoms with Gasteiger partial charge in [-0.05, 0) is 26.1 Å². The van der Waals surface area contributed by atoms with E-state index in [1.807, 2.05) is 11.5 Å². The highest BCUT2D eigenvalue weighted by atomic mass is 35.5. The fraction of sp³-hybridized carbons (Fsp3) is 0.500. The van der Waals surface area contributed by atoms with Crippen LogP contribution in [0.15, 0.2) is 23.1 Å². The summed E-state index contributed by atoms with van der Waals surface area (Å²) in [4.78, 5) is 30.3. The molecule has 1 aromatic carbocycles. The summed E-state index contributed by atoms with van der Waals surface area (Å²) in [5, 5.41) is 3.58. The molecule has 0 unspecified atom stereocenters. The number of amides is 1. The summed E-state index contributed by atoms with van der Waals surface area (Å²) in [5.74, 6) is 0.266. The summed E-state index contributed by atoms with van der Waals surface area (Å²) in [6.45, 7) is 7.85. The van der Waals surface area contributed by atoms with Gasteiger partial charge in [-0.1, -0.05) is 11.6 Å². The van der Waals surface area contributed by atoms with Crippen molar-refractivity contribution in [2.24, 2.45) is 0 Å². The minimum atomic E-state index is -0.356. The van der Waals surface area contributed by atoms with E-state index >= 15 is 0 Å². The van der Waals surface area contributed by atoms with Crippen LogP contribution in [-0.2, 0) is 6.54 Å². The lowest BCUT2D eigenvalue weighted by Crippen LogP contribution is -2.47. The summed E-state index contributed by atoms with van der Waals surface area (Å²) in [6, 6.07) is 3.42. The molecule has 28 heavy (non-hydrogen) atoms. The number of nitrogens with zero attached hydrogens (tertiary/aromatic N) is 3. The Hall–Kier alpha value is -2.09. The van der Waals surface area contributed by atoms with Gasteiger partial charge < -0.3 is 19.5 Å². The minimum Gasteiger partial charge on any atom is -0.487 e. The first-order chi connectivity index (χ1) is 13.4. The molecule has 0 aliphatic carbocycles. The maximum Gasteiger partial charge on any atom is 0.256 e. The van der Waals surface area contributed by atoms with E-state index in [4.69, 9.17) is 16.3 Å². The van der Waals surface area contributed by atoms with Gasteiger partial charge in [0.2, 0.25) is 5.43 Å². The molecule has 0 spiro atoms. The van der Waals surface area contributed by atoms with Gasteiger partial charge in [-0.15, -0.1) is 0 Å². The first-order valence-electron chi connectivity index (χ1n) is 9.65. The second-order valence-electron chi connectivity index (χ2n) is 7.62. The summed E-state index contributed by atoms with van der Waals surface area (Å²) in [5.41, 5.74) is 0.428. The predicted octanol–water partition coefficient (Wildman–Crippen LogP) is 1.41. The van der Waals surface area contributed by atoms with E-state index in [9.17, 15) is 9.59 Å². The van der Waals surface area contributed by atoms with E-state index in [2.05, 4.69) is 22.2 Å². The molecule has 4 rings (SSSR count). The number of halogens is 1. The number of rotatable bonds is 4. The van der Waals surface area contributed by atoms with Crippen LogP contribution < -0.4 is 15.5 Å². The molecule has 1 aromatic heterocycles. The van der Waals surface area contributed by atoms with Crippen LogP contribution in [0.25, 0.3) is 10.9 Å². The standard InChI is InChI=1S/C20H25ClN4O3/c1-13-11-25-12-14(19(26)17-15(21)3-4-16(28-13)18(17)25)20(27)22-5-6-24-9-7-23(2)8-10-24/h3-4,12-13H,5-11H2,1-2H3,(H,22,27)/t13-/m1/s1. The van der Waals surface area contributed by atoms with Crippen molar-refractivity contribution in [3.05, 3.63) is 39.1 Å². The SMILES string of the molecule is C[C@@H]1Cn2cc(C(=O)NCCN3CCN(C)CC3)c(=O)c3c(Cl)ccc(c32)O1. The zero-order chi connectivity index (χ0) is 19.8. The van der Waals surface area contributed by atoms with Crippen LogP contribution in [-0.4, -0.2) is 72.7 Å². The number of carbonyl (C=O) groups is 1. The first kappa shape index (κ1) is 19.2. The number of carbonyl (C=O) groups excluding carboxylic acids is 1. The fourth-order valence-corrected chi connectivity index (χ4v) is 4.13. The monoisotopic (exact) mass is 404 g/mol. The van der Waals surface area contributed by atoms with Crippen LogP contribution in [0, 0.1) is 0 Å². The molecule has 1 saturated heterocycles. The van der Waals surface area contributed by atoms with Crippen LogP contribution in [0.2, 0.25) is 5.02 Å². The Morgan fingerprint density at radius 3 is 2.79 bits per heavy atom. The average Bonchev–Trinajstić information content (AvgIpc) is 2.67. The highest BCUT2D eigenvalue weighted by Crippen LogP contribution is 2.33. The molecular formula is C20H25ClN4O3. The van der Waals surface area contributed by atoms with E-state index in [0.29, 0.717) is 34.8 Å². The molecule has 150 valence electrons. The van der Waals surface area contributed by atoms with E-state index in [1.165, 1.54) is 0 Å². The zero-order valence-corrected chi connectivity index (χ0v) is 17.0. The van der Waals surface area contributed by atoms with Gasteiger partial charge in [0.15, 0.2) is 0 Å². The van der Waals surface area contributed by atoms with Gasteiger partial charge in [0.1, 0.15) is 17.4 Å². The van der Waals surface area contributed by atoms with Crippen LogP contribution in [0.4, 0.5) is 0 Å². The van der Waals surface area contributed by atoms with Crippen molar-refractivity contribution in [1.29, 1.82) is 0 Å². The minimum absolute atomic E-state index is 0.0486. The topological polar surface area (TPSA) is 66.8 Å². The molecule has 0 bridgehead atoms. The van der Waals surface area contributed by atoms with Crippen molar-refractivity contribution in [3.8, 4) is 5.75 Å². The number of piperazine rings is 1. The Kier molecular flexibility index (Phi) is 5.31. The van der Waals surface area contributed by atoms with E-state index in [-0.39, 0.29) is 23.0 Å². The molecule has 1 N–H and O–H groups in total. The lowest BCUT2D eigenvalue weighted by atomic mass is 10.1. The van der Waals surface area contributed by atoms with Gasteiger partial charge in [0, 0.05) is 45.5 Å². The lowest BCUT2D eigenvalue weighted by Gasteiger charge is -2.32. The molecule has 2 aromatic rings. The third-order valence-corrected chi connectivity index (χ3v) is 5.78. The van der Waals surface area contributed by atoms with Crippen LogP contribution in [0.1, 0.15) is 17.3 Å². The summed E-state index contributed by atoms with van der Waals surface area (Å²) in [6.07, 6.45) is 1.59. The molecule has 8 heteroatoms. The summed E-state index contributed by atoms with van der Waals surface area (Å²) < 4.78 is 7.73. The molecule has 1 amide bonds. The number of ether oxygens (including phenoxy) is 1. The highest BCUT2D eigenvalue weighted by Gasteiger charge is 2.24. The fourth-order valence-electron chi connectivity index (χ4n) is 3.89. The number of benzene rings is 1. The van der Waals surface area contributed by atoms with Gasteiger partial charge in [-0.2, -0.15) is 0 Å². The second kappa shape index (κ2) is 7.73. The average molecular weight is 405 g/mol. The van der Waals surface area contributed by atoms with Crippen molar-refractivity contribution in [3.63, 3.8) is 0 Å². The Balaban J connectivity index is 1.55. The van der Waals surface area contributed by atoms with Crippen LogP contribution in [0.3, 0.4) is 0 Å². The third kappa shape index (κ3) is 3.62. The van der Waals surface area contributed by atoms with E-state index in [1.54, 1.807) is 18.3 Å². The number of nitrogens with one attached hydrogen (secondary N) is 1. The molecule has 1 fully saturated rings. The molecule has 0 saturated carbocycles. The Labute approximate surface area is 168 Å². The molecule has 1 atom stereocenters. The Morgan fingerprint density at radius 1 is 1.29 bits per heavy atom. The van der Waals surface area contributed by atoms with Gasteiger partial charge in [0.25, 0.3) is 5.91 Å². The maximum absolute atomic E-state index is 13.0. The predicted molar refractivity (Wildman–Crippen MR) is 110 cm³/mol. The lowest BCUT2D eigenvalue weighted by molar-refractivity contribution is 0.0938. The van der Waals surface area contributed by atoms with Crippen molar-refractivity contribution in [2.45, 2.75) is 19.6 Å². The number of likely N-dealkylation sites (N-methyl/N-ethyl adjacent to an activating group) is 1. The number of hydrogen-bond donors (Lipinski definition) is 1. The Bertz CT molecular complexity index is 966. The highest BCUT2D eigenvalue weighted by molar-refractivity contribution is 6.35. The number of hydrogen-bond acceptors (Lipinski definition) is 5. The van der Waals surface area contributed by atoms with E-state index in [0.717, 1.165) is 32.7 Å². The number of aromatic nitrogens is 1. The number of pyridine rings is 1. The summed E-state index contributed by atoms with van der Waals surface area (Å²) in [7, 11) is 2.11. The maximum atomic E-state index is 13.0. The van der Waals surface area contributed by atoms with Gasteiger partial charge >= 0.3 is 0 Å². The molecule has 0 radical (unpaired) electrons. The quantitative estimate of drug-likeness (QED) is 0.834. The molecule has 3 heterocycles. The van der Waals surface area contributed by atoms with Crippen molar-refractivity contribution in [1.82, 2.24) is 19.7 Å². The molecule has 2 aliphatic rings. The van der Waals surface area contributed by atoms with Gasteiger partial charge in [0.05, 0.1) is 22.5 Å². The third-order valence-electron chi connectivity index (χ3n) is 5.47. The van der Waals surface area contributed by atoms with Crippen molar-refractivity contribution < 1.29 is 9.53 Å². The smallest absolute Gasteiger partial charge is 0.256 e. The van der Waals surface area contributed by atoms with Crippen molar-refractivity contribution in [2.75, 3.05) is 46.3 Å². The van der Waals surface area contributed by atoms with E-state index < -0.39 is 0 Å². The normalized spacial score (nSPS) is 20.2. The van der Waals surface area contributed by atoms with Gasteiger partial charge in [-0.25, -0.2) is 0 Å². The first-order valence-corrected chi connectivity index (χ1v) is 10.0. The second-order valence-corrected chi connectivity index (χ2v) is 8.03. The zero-order valence-electron chi connectivity index (χ0n) is 16.2. The summed E-state index contributed by atoms with van der Waals surface area (Å²) >= 11 is 6.31. The molecule has 2 aliphatic heterocycles. The van der Waals surface area contributed by atoms with Crippen molar-refractivity contribution >= 4 is 28.4 Å². The van der Waals surface area contributed by atoms with Gasteiger partial charge in [-0.3, -0.25) is 14.5 Å². The molecule has 7 nitrogen and oxygen atoms in total.